The van der Waals surface area contributed by atoms with Gasteiger partial charge in [0.1, 0.15) is 16.5 Å². The first kappa shape index (κ1) is 19.6. The van der Waals surface area contributed by atoms with Crippen molar-refractivity contribution < 1.29 is 23.5 Å². The Hall–Kier alpha value is -3.19. The summed E-state index contributed by atoms with van der Waals surface area (Å²) in [5.74, 6) is -2.39. The number of nitrogens with zero attached hydrogens (tertiary/aromatic N) is 1. The number of ether oxygens (including phenoxy) is 1. The Morgan fingerprint density at radius 3 is 2.54 bits per heavy atom. The fraction of sp³-hybridized carbons (Fsp3) is 0.150. The largest absolute Gasteiger partial charge is 0.462 e. The molecular formula is C20H16ClFN2O4. The molecule has 2 aromatic rings. The fourth-order valence-corrected chi connectivity index (χ4v) is 2.79. The molecule has 2 amide bonds. The highest BCUT2D eigenvalue weighted by molar-refractivity contribution is 6.53. The minimum atomic E-state index is -0.723. The van der Waals surface area contributed by atoms with E-state index in [2.05, 4.69) is 5.32 Å². The van der Waals surface area contributed by atoms with Crippen molar-refractivity contribution in [2.45, 2.75) is 13.3 Å². The van der Waals surface area contributed by atoms with Gasteiger partial charge in [-0.2, -0.15) is 0 Å². The number of amides is 2. The van der Waals surface area contributed by atoms with Gasteiger partial charge in [0.05, 0.1) is 17.9 Å². The second kappa shape index (κ2) is 8.22. The van der Waals surface area contributed by atoms with Gasteiger partial charge in [0, 0.05) is 5.69 Å². The van der Waals surface area contributed by atoms with E-state index in [0.29, 0.717) is 24.3 Å². The molecule has 0 bridgehead atoms. The molecule has 2 aromatic carbocycles. The summed E-state index contributed by atoms with van der Waals surface area (Å²) in [5, 5.41) is 2.49. The van der Waals surface area contributed by atoms with Gasteiger partial charge in [-0.1, -0.05) is 24.6 Å². The van der Waals surface area contributed by atoms with Crippen LogP contribution < -0.4 is 10.2 Å². The van der Waals surface area contributed by atoms with Crippen LogP contribution in [0.25, 0.3) is 0 Å². The molecule has 0 atom stereocenters. The molecule has 0 saturated carbocycles. The maximum absolute atomic E-state index is 13.1. The lowest BCUT2D eigenvalue weighted by Gasteiger charge is -2.15. The lowest BCUT2D eigenvalue weighted by atomic mass is 10.2. The number of carbonyl (C=O) groups excluding carboxylic acids is 3. The smallest absolute Gasteiger partial charge is 0.338 e. The lowest BCUT2D eigenvalue weighted by molar-refractivity contribution is -0.120. The van der Waals surface area contributed by atoms with Crippen molar-refractivity contribution in [1.82, 2.24) is 0 Å². The van der Waals surface area contributed by atoms with Crippen LogP contribution in [0.1, 0.15) is 23.7 Å². The fourth-order valence-electron chi connectivity index (χ4n) is 2.58. The summed E-state index contributed by atoms with van der Waals surface area (Å²) in [7, 11) is 0. The second-order valence-electron chi connectivity index (χ2n) is 5.95. The molecular weight excluding hydrogens is 387 g/mol. The first-order valence-corrected chi connectivity index (χ1v) is 8.88. The van der Waals surface area contributed by atoms with Gasteiger partial charge in [0.15, 0.2) is 0 Å². The number of rotatable bonds is 6. The van der Waals surface area contributed by atoms with E-state index in [0.717, 1.165) is 17.0 Å². The predicted molar refractivity (Wildman–Crippen MR) is 102 cm³/mol. The van der Waals surface area contributed by atoms with Crippen LogP contribution in [-0.4, -0.2) is 24.4 Å². The van der Waals surface area contributed by atoms with E-state index in [1.165, 1.54) is 18.2 Å². The standard InChI is InChI=1S/C20H16ClFN2O4/c1-2-10-28-20(27)12-4-3-5-14(11-12)23-17-16(21)18(25)24(19(17)26)15-8-6-13(22)7-9-15/h3-9,11,23H,2,10H2,1H3. The van der Waals surface area contributed by atoms with Crippen LogP contribution in [-0.2, 0) is 14.3 Å². The number of esters is 1. The van der Waals surface area contributed by atoms with Crippen molar-refractivity contribution in [3.63, 3.8) is 0 Å². The summed E-state index contributed by atoms with van der Waals surface area (Å²) < 4.78 is 18.2. The van der Waals surface area contributed by atoms with Gasteiger partial charge in [-0.3, -0.25) is 9.59 Å². The summed E-state index contributed by atoms with van der Waals surface area (Å²) in [6.07, 6.45) is 0.696. The van der Waals surface area contributed by atoms with Crippen molar-refractivity contribution in [2.75, 3.05) is 16.8 Å². The number of benzene rings is 2. The summed E-state index contributed by atoms with van der Waals surface area (Å²) in [5.41, 5.74) is 0.752. The topological polar surface area (TPSA) is 75.7 Å². The Morgan fingerprint density at radius 2 is 1.86 bits per heavy atom. The number of hydrogen-bond acceptors (Lipinski definition) is 5. The molecule has 0 spiro atoms. The van der Waals surface area contributed by atoms with E-state index in [4.69, 9.17) is 16.3 Å². The van der Waals surface area contributed by atoms with Gasteiger partial charge < -0.3 is 10.1 Å². The number of nitrogens with one attached hydrogen (secondary N) is 1. The molecule has 0 saturated heterocycles. The van der Waals surface area contributed by atoms with E-state index >= 15 is 0 Å². The van der Waals surface area contributed by atoms with Gasteiger partial charge in [-0.15, -0.1) is 0 Å². The van der Waals surface area contributed by atoms with Crippen molar-refractivity contribution >= 4 is 40.8 Å². The highest BCUT2D eigenvalue weighted by atomic mass is 35.5. The van der Waals surface area contributed by atoms with Crippen molar-refractivity contribution in [1.29, 1.82) is 0 Å². The Bertz CT molecular complexity index is 972. The molecule has 3 rings (SSSR count). The third-order valence-corrected chi connectivity index (χ3v) is 4.27. The molecule has 0 radical (unpaired) electrons. The third-order valence-electron chi connectivity index (χ3n) is 3.92. The number of hydrogen-bond donors (Lipinski definition) is 1. The summed E-state index contributed by atoms with van der Waals surface area (Å²) >= 11 is 6.06. The summed E-state index contributed by atoms with van der Waals surface area (Å²) in [6, 6.07) is 11.2. The maximum atomic E-state index is 13.1. The average molecular weight is 403 g/mol. The van der Waals surface area contributed by atoms with E-state index in [-0.39, 0.29) is 16.4 Å². The van der Waals surface area contributed by atoms with Crippen LogP contribution in [0.2, 0.25) is 0 Å². The van der Waals surface area contributed by atoms with Gasteiger partial charge in [-0.05, 0) is 48.9 Å². The number of carbonyl (C=O) groups is 3. The molecule has 8 heteroatoms. The molecule has 0 aromatic heterocycles. The second-order valence-corrected chi connectivity index (χ2v) is 6.33. The minimum Gasteiger partial charge on any atom is -0.462 e. The van der Waals surface area contributed by atoms with Crippen LogP contribution in [0.4, 0.5) is 15.8 Å². The van der Waals surface area contributed by atoms with Crippen molar-refractivity contribution in [2.24, 2.45) is 0 Å². The molecule has 6 nitrogen and oxygen atoms in total. The molecule has 1 N–H and O–H groups in total. The molecule has 0 unspecified atom stereocenters. The van der Waals surface area contributed by atoms with E-state index < -0.39 is 23.6 Å². The average Bonchev–Trinajstić information content (AvgIpc) is 2.90. The number of anilines is 2. The van der Waals surface area contributed by atoms with Gasteiger partial charge in [0.2, 0.25) is 0 Å². The Morgan fingerprint density at radius 1 is 1.14 bits per heavy atom. The normalized spacial score (nSPS) is 13.9. The van der Waals surface area contributed by atoms with Gasteiger partial charge in [0.25, 0.3) is 11.8 Å². The molecule has 0 fully saturated rings. The molecule has 1 aliphatic heterocycles. The number of imide groups is 1. The molecule has 28 heavy (non-hydrogen) atoms. The zero-order valence-electron chi connectivity index (χ0n) is 14.9. The third kappa shape index (κ3) is 3.89. The Kier molecular flexibility index (Phi) is 5.75. The highest BCUT2D eigenvalue weighted by Gasteiger charge is 2.39. The lowest BCUT2D eigenvalue weighted by Crippen LogP contribution is -2.32. The quantitative estimate of drug-likeness (QED) is 0.587. The Balaban J connectivity index is 1.82. The van der Waals surface area contributed by atoms with Crippen molar-refractivity contribution in [3.05, 3.63) is 70.6 Å². The minimum absolute atomic E-state index is 0.130. The van der Waals surface area contributed by atoms with E-state index in [1.54, 1.807) is 18.2 Å². The van der Waals surface area contributed by atoms with Crippen LogP contribution in [0.3, 0.4) is 0 Å². The SMILES string of the molecule is CCCOC(=O)c1cccc(NC2=C(Cl)C(=O)N(c3ccc(F)cc3)C2=O)c1. The Labute approximate surface area is 165 Å². The first-order chi connectivity index (χ1) is 13.4. The first-order valence-electron chi connectivity index (χ1n) is 8.50. The predicted octanol–water partition coefficient (Wildman–Crippen LogP) is 3.83. The van der Waals surface area contributed by atoms with E-state index in [9.17, 15) is 18.8 Å². The van der Waals surface area contributed by atoms with Gasteiger partial charge >= 0.3 is 5.97 Å². The van der Waals surface area contributed by atoms with Gasteiger partial charge in [-0.25, -0.2) is 14.1 Å². The molecule has 1 aliphatic rings. The molecule has 1 heterocycles. The number of halogens is 2. The summed E-state index contributed by atoms with van der Waals surface area (Å²) in [6.45, 7) is 2.18. The summed E-state index contributed by atoms with van der Waals surface area (Å²) in [4.78, 5) is 37.9. The van der Waals surface area contributed by atoms with Crippen LogP contribution in [0, 0.1) is 5.82 Å². The molecule has 144 valence electrons. The van der Waals surface area contributed by atoms with Crippen LogP contribution in [0.15, 0.2) is 59.3 Å². The zero-order chi connectivity index (χ0) is 20.3. The van der Waals surface area contributed by atoms with Crippen molar-refractivity contribution in [3.8, 4) is 0 Å². The van der Waals surface area contributed by atoms with E-state index in [1.807, 2.05) is 6.92 Å². The van der Waals surface area contributed by atoms with Crippen LogP contribution in [0.5, 0.6) is 0 Å². The highest BCUT2D eigenvalue weighted by Crippen LogP contribution is 2.30. The molecule has 0 aliphatic carbocycles. The maximum Gasteiger partial charge on any atom is 0.338 e. The monoisotopic (exact) mass is 402 g/mol. The zero-order valence-corrected chi connectivity index (χ0v) is 15.6. The van der Waals surface area contributed by atoms with Crippen LogP contribution >= 0.6 is 11.6 Å².